The van der Waals surface area contributed by atoms with Crippen molar-refractivity contribution in [2.75, 3.05) is 0 Å². The molecule has 0 fully saturated rings. The molecule has 0 atom stereocenters. The van der Waals surface area contributed by atoms with E-state index in [0.29, 0.717) is 12.2 Å². The minimum Gasteiger partial charge on any atom is -0.507 e. The molecule has 0 amide bonds. The Balaban J connectivity index is 1.91. The summed E-state index contributed by atoms with van der Waals surface area (Å²) in [6.45, 7) is 0. The van der Waals surface area contributed by atoms with Crippen LogP contribution in [0.4, 0.5) is 4.39 Å². The predicted octanol–water partition coefficient (Wildman–Crippen LogP) is 2.57. The van der Waals surface area contributed by atoms with Crippen molar-refractivity contribution in [1.82, 2.24) is 15.1 Å². The van der Waals surface area contributed by atoms with Gasteiger partial charge in [0.05, 0.1) is 6.42 Å². The summed E-state index contributed by atoms with van der Waals surface area (Å²) in [6.07, 6.45) is 2.04. The molecule has 0 spiro atoms. The third kappa shape index (κ3) is 2.35. The van der Waals surface area contributed by atoms with E-state index in [1.54, 1.807) is 6.20 Å². The van der Waals surface area contributed by atoms with Gasteiger partial charge in [0.1, 0.15) is 17.1 Å². The molecule has 6 heteroatoms. The van der Waals surface area contributed by atoms with Gasteiger partial charge in [-0.2, -0.15) is 4.98 Å². The van der Waals surface area contributed by atoms with Crippen molar-refractivity contribution >= 4 is 0 Å². The molecule has 0 saturated heterocycles. The molecule has 0 aliphatic heterocycles. The van der Waals surface area contributed by atoms with Crippen LogP contribution >= 0.6 is 0 Å². The molecule has 5 nitrogen and oxygen atoms in total. The van der Waals surface area contributed by atoms with Crippen LogP contribution in [0.15, 0.2) is 47.1 Å². The summed E-state index contributed by atoms with van der Waals surface area (Å²) in [4.78, 5) is 8.23. The van der Waals surface area contributed by atoms with Crippen LogP contribution in [-0.2, 0) is 6.42 Å². The van der Waals surface area contributed by atoms with Gasteiger partial charge in [-0.3, -0.25) is 4.98 Å². The Labute approximate surface area is 113 Å². The van der Waals surface area contributed by atoms with Crippen LogP contribution in [-0.4, -0.2) is 20.2 Å². The topological polar surface area (TPSA) is 72.0 Å². The average molecular weight is 271 g/mol. The largest absolute Gasteiger partial charge is 0.507 e. The van der Waals surface area contributed by atoms with Gasteiger partial charge in [-0.1, -0.05) is 17.3 Å². The number of aromatic nitrogens is 3. The van der Waals surface area contributed by atoms with E-state index >= 15 is 0 Å². The monoisotopic (exact) mass is 271 g/mol. The summed E-state index contributed by atoms with van der Waals surface area (Å²) in [5, 5.41) is 13.4. The quantitative estimate of drug-likeness (QED) is 0.792. The molecular formula is C14H10FN3O2. The zero-order valence-electron chi connectivity index (χ0n) is 10.3. The molecule has 2 aromatic heterocycles. The van der Waals surface area contributed by atoms with Crippen molar-refractivity contribution < 1.29 is 14.0 Å². The molecule has 3 aromatic rings. The Morgan fingerprint density at radius 3 is 2.80 bits per heavy atom. The third-order valence-corrected chi connectivity index (χ3v) is 2.74. The molecular weight excluding hydrogens is 261 g/mol. The second kappa shape index (κ2) is 5.08. The molecule has 1 aromatic carbocycles. The van der Waals surface area contributed by atoms with E-state index in [-0.39, 0.29) is 17.2 Å². The minimum atomic E-state index is -0.613. The molecule has 0 saturated carbocycles. The van der Waals surface area contributed by atoms with Gasteiger partial charge < -0.3 is 9.63 Å². The van der Waals surface area contributed by atoms with Crippen molar-refractivity contribution in [1.29, 1.82) is 0 Å². The summed E-state index contributed by atoms with van der Waals surface area (Å²) >= 11 is 0. The molecule has 0 radical (unpaired) electrons. The van der Waals surface area contributed by atoms with Crippen molar-refractivity contribution in [2.24, 2.45) is 0 Å². The van der Waals surface area contributed by atoms with Crippen LogP contribution in [0, 0.1) is 5.82 Å². The first-order chi connectivity index (χ1) is 9.74. The highest BCUT2D eigenvalue weighted by atomic mass is 19.1. The normalized spacial score (nSPS) is 10.7. The van der Waals surface area contributed by atoms with Gasteiger partial charge >= 0.3 is 0 Å². The summed E-state index contributed by atoms with van der Waals surface area (Å²) in [5.74, 6) is -0.524. The Hall–Kier alpha value is -2.76. The number of aromatic hydroxyl groups is 1. The third-order valence-electron chi connectivity index (χ3n) is 2.74. The van der Waals surface area contributed by atoms with Gasteiger partial charge in [-0.15, -0.1) is 0 Å². The van der Waals surface area contributed by atoms with E-state index < -0.39 is 5.82 Å². The van der Waals surface area contributed by atoms with Gasteiger partial charge in [0.2, 0.25) is 0 Å². The zero-order valence-corrected chi connectivity index (χ0v) is 10.3. The molecule has 3 rings (SSSR count). The lowest BCUT2D eigenvalue weighted by atomic mass is 10.2. The van der Waals surface area contributed by atoms with Crippen LogP contribution in [0.3, 0.4) is 0 Å². The maximum Gasteiger partial charge on any atom is 0.264 e. The van der Waals surface area contributed by atoms with Crippen LogP contribution in [0.2, 0.25) is 0 Å². The number of phenolic OH excluding ortho intramolecular Hbond substituents is 1. The number of halogens is 1. The Kier molecular flexibility index (Phi) is 3.12. The molecule has 0 aliphatic carbocycles. The Bertz CT molecular complexity index is 708. The molecule has 0 unspecified atom stereocenters. The average Bonchev–Trinajstić information content (AvgIpc) is 2.88. The Morgan fingerprint density at radius 2 is 2.05 bits per heavy atom. The van der Waals surface area contributed by atoms with Gasteiger partial charge in [0.25, 0.3) is 5.89 Å². The highest BCUT2D eigenvalue weighted by Gasteiger charge is 2.17. The van der Waals surface area contributed by atoms with Crippen molar-refractivity contribution in [2.45, 2.75) is 6.42 Å². The first-order valence-electron chi connectivity index (χ1n) is 5.94. The molecule has 100 valence electrons. The number of hydrogen-bond donors (Lipinski definition) is 1. The van der Waals surface area contributed by atoms with Gasteiger partial charge in [0.15, 0.2) is 5.82 Å². The minimum absolute atomic E-state index is 0.0495. The highest BCUT2D eigenvalue weighted by molar-refractivity contribution is 5.62. The van der Waals surface area contributed by atoms with Gasteiger partial charge in [0, 0.05) is 11.9 Å². The van der Waals surface area contributed by atoms with Crippen molar-refractivity contribution in [3.63, 3.8) is 0 Å². The summed E-state index contributed by atoms with van der Waals surface area (Å²) in [6, 6.07) is 9.48. The fourth-order valence-electron chi connectivity index (χ4n) is 1.82. The summed E-state index contributed by atoms with van der Waals surface area (Å²) in [5.41, 5.74) is 0.685. The second-order valence-electron chi connectivity index (χ2n) is 4.15. The number of nitrogens with zero attached hydrogens (tertiary/aromatic N) is 3. The first-order valence-corrected chi connectivity index (χ1v) is 5.94. The van der Waals surface area contributed by atoms with Crippen molar-refractivity contribution in [3.8, 4) is 17.2 Å². The standard InChI is InChI=1S/C14H10FN3O2/c15-10-5-3-6-11(19)13(10)14-17-12(18-20-14)8-9-4-1-2-7-16-9/h1-7,19H,8H2. The molecule has 0 aliphatic rings. The van der Waals surface area contributed by atoms with Crippen LogP contribution < -0.4 is 0 Å². The lowest BCUT2D eigenvalue weighted by Crippen LogP contribution is -1.93. The first kappa shape index (κ1) is 12.3. The lowest BCUT2D eigenvalue weighted by Gasteiger charge is -1.99. The maximum atomic E-state index is 13.7. The second-order valence-corrected chi connectivity index (χ2v) is 4.15. The highest BCUT2D eigenvalue weighted by Crippen LogP contribution is 2.30. The fourth-order valence-corrected chi connectivity index (χ4v) is 1.82. The van der Waals surface area contributed by atoms with Crippen LogP contribution in [0.25, 0.3) is 11.5 Å². The zero-order chi connectivity index (χ0) is 13.9. The summed E-state index contributed by atoms with van der Waals surface area (Å²) < 4.78 is 18.7. The fraction of sp³-hybridized carbons (Fsp3) is 0.0714. The molecule has 20 heavy (non-hydrogen) atoms. The molecule has 2 heterocycles. The van der Waals surface area contributed by atoms with E-state index in [4.69, 9.17) is 4.52 Å². The van der Waals surface area contributed by atoms with Gasteiger partial charge in [-0.25, -0.2) is 4.39 Å². The molecule has 0 bridgehead atoms. The number of phenols is 1. The van der Waals surface area contributed by atoms with E-state index in [1.807, 2.05) is 18.2 Å². The van der Waals surface area contributed by atoms with Crippen LogP contribution in [0.5, 0.6) is 5.75 Å². The van der Waals surface area contributed by atoms with E-state index in [1.165, 1.54) is 18.2 Å². The number of rotatable bonds is 3. The maximum absolute atomic E-state index is 13.7. The van der Waals surface area contributed by atoms with E-state index in [2.05, 4.69) is 15.1 Å². The van der Waals surface area contributed by atoms with E-state index in [9.17, 15) is 9.50 Å². The van der Waals surface area contributed by atoms with Gasteiger partial charge in [-0.05, 0) is 24.3 Å². The number of pyridine rings is 1. The number of benzene rings is 1. The van der Waals surface area contributed by atoms with Crippen LogP contribution in [0.1, 0.15) is 11.5 Å². The van der Waals surface area contributed by atoms with E-state index in [0.717, 1.165) is 5.69 Å². The number of hydrogen-bond acceptors (Lipinski definition) is 5. The predicted molar refractivity (Wildman–Crippen MR) is 68.4 cm³/mol. The summed E-state index contributed by atoms with van der Waals surface area (Å²) in [7, 11) is 0. The molecule has 1 N–H and O–H groups in total. The SMILES string of the molecule is Oc1cccc(F)c1-c1nc(Cc2ccccn2)no1. The van der Waals surface area contributed by atoms with Crippen molar-refractivity contribution in [3.05, 3.63) is 59.9 Å². The Morgan fingerprint density at radius 1 is 1.15 bits per heavy atom. The lowest BCUT2D eigenvalue weighted by molar-refractivity contribution is 0.414. The smallest absolute Gasteiger partial charge is 0.264 e.